The van der Waals surface area contributed by atoms with Gasteiger partial charge in [-0.1, -0.05) is 0 Å². The number of halogens is 2. The first kappa shape index (κ1) is 19.7. The molecular weight excluding hydrogens is 343 g/mol. The molecule has 0 fully saturated rings. The summed E-state index contributed by atoms with van der Waals surface area (Å²) in [5.74, 6) is 2.12. The molecular formula is C15H22Cl2N2O4. The standard InChI is InChI=1S/C15H22Cl2N2O4/c1-21-12-8-11(9-13(22-2)15(12)23-3)18-14(20)10-19(6-4-16)7-5-17/h8-9H,4-7,10H2,1-3H3,(H,18,20). The van der Waals surface area contributed by atoms with Gasteiger partial charge in [0, 0.05) is 42.7 Å². The predicted octanol–water partition coefficient (Wildman–Crippen LogP) is 2.43. The Bertz CT molecular complexity index is 483. The summed E-state index contributed by atoms with van der Waals surface area (Å²) in [7, 11) is 4.56. The van der Waals surface area contributed by atoms with E-state index in [1.807, 2.05) is 4.90 Å². The molecule has 0 spiro atoms. The second-order valence-corrected chi connectivity index (χ2v) is 5.37. The maximum atomic E-state index is 12.2. The van der Waals surface area contributed by atoms with Crippen LogP contribution in [0.1, 0.15) is 0 Å². The van der Waals surface area contributed by atoms with Crippen molar-refractivity contribution in [1.29, 1.82) is 0 Å². The first-order valence-corrected chi connectivity index (χ1v) is 8.10. The average Bonchev–Trinajstić information content (AvgIpc) is 2.54. The lowest BCUT2D eigenvalue weighted by Gasteiger charge is -2.20. The highest BCUT2D eigenvalue weighted by atomic mass is 35.5. The number of hydrogen-bond acceptors (Lipinski definition) is 5. The Morgan fingerprint density at radius 2 is 1.57 bits per heavy atom. The zero-order valence-corrected chi connectivity index (χ0v) is 15.0. The van der Waals surface area contributed by atoms with E-state index >= 15 is 0 Å². The van der Waals surface area contributed by atoms with Gasteiger partial charge in [-0.05, 0) is 0 Å². The van der Waals surface area contributed by atoms with Gasteiger partial charge in [-0.2, -0.15) is 0 Å². The van der Waals surface area contributed by atoms with Gasteiger partial charge >= 0.3 is 0 Å². The topological polar surface area (TPSA) is 60.0 Å². The number of anilines is 1. The number of nitrogens with one attached hydrogen (secondary N) is 1. The Morgan fingerprint density at radius 3 is 1.96 bits per heavy atom. The summed E-state index contributed by atoms with van der Waals surface area (Å²) in [5.41, 5.74) is 0.557. The molecule has 8 heteroatoms. The molecule has 0 unspecified atom stereocenters. The Hall–Kier alpha value is -1.37. The van der Waals surface area contributed by atoms with Crippen LogP contribution in [-0.2, 0) is 4.79 Å². The minimum absolute atomic E-state index is 0.172. The van der Waals surface area contributed by atoms with Crippen LogP contribution in [0.3, 0.4) is 0 Å². The van der Waals surface area contributed by atoms with Gasteiger partial charge in [-0.3, -0.25) is 9.69 Å². The number of rotatable bonds is 10. The second-order valence-electron chi connectivity index (χ2n) is 4.62. The molecule has 0 atom stereocenters. The Kier molecular flexibility index (Phi) is 8.91. The van der Waals surface area contributed by atoms with E-state index in [1.165, 1.54) is 21.3 Å². The van der Waals surface area contributed by atoms with E-state index in [1.54, 1.807) is 12.1 Å². The Morgan fingerprint density at radius 1 is 1.04 bits per heavy atom. The Labute approximate surface area is 146 Å². The molecule has 1 amide bonds. The molecule has 130 valence electrons. The number of hydrogen-bond donors (Lipinski definition) is 1. The smallest absolute Gasteiger partial charge is 0.238 e. The highest BCUT2D eigenvalue weighted by Crippen LogP contribution is 2.39. The monoisotopic (exact) mass is 364 g/mol. The van der Waals surface area contributed by atoms with E-state index in [0.29, 0.717) is 47.8 Å². The minimum atomic E-state index is -0.172. The third kappa shape index (κ3) is 5.97. The van der Waals surface area contributed by atoms with Crippen LogP contribution in [-0.4, -0.2) is 63.5 Å². The van der Waals surface area contributed by atoms with Crippen molar-refractivity contribution in [3.8, 4) is 17.2 Å². The van der Waals surface area contributed by atoms with E-state index < -0.39 is 0 Å². The van der Waals surface area contributed by atoms with Crippen LogP contribution in [0.2, 0.25) is 0 Å². The van der Waals surface area contributed by atoms with Crippen molar-refractivity contribution in [2.75, 3.05) is 58.0 Å². The summed E-state index contributed by atoms with van der Waals surface area (Å²) in [4.78, 5) is 14.1. The molecule has 0 bridgehead atoms. The van der Waals surface area contributed by atoms with Gasteiger partial charge in [0.2, 0.25) is 11.7 Å². The molecule has 0 heterocycles. The first-order chi connectivity index (χ1) is 11.1. The quantitative estimate of drug-likeness (QED) is 0.646. The van der Waals surface area contributed by atoms with Crippen LogP contribution in [0.25, 0.3) is 0 Å². The van der Waals surface area contributed by atoms with Gasteiger partial charge < -0.3 is 19.5 Å². The largest absolute Gasteiger partial charge is 0.493 e. The summed E-state index contributed by atoms with van der Waals surface area (Å²) in [6.45, 7) is 1.39. The fourth-order valence-electron chi connectivity index (χ4n) is 2.07. The zero-order chi connectivity index (χ0) is 17.2. The van der Waals surface area contributed by atoms with Crippen LogP contribution in [0.4, 0.5) is 5.69 Å². The van der Waals surface area contributed by atoms with Crippen molar-refractivity contribution in [1.82, 2.24) is 4.90 Å². The van der Waals surface area contributed by atoms with E-state index in [-0.39, 0.29) is 12.5 Å². The zero-order valence-electron chi connectivity index (χ0n) is 13.5. The van der Waals surface area contributed by atoms with Gasteiger partial charge in [0.15, 0.2) is 11.5 Å². The van der Waals surface area contributed by atoms with Crippen molar-refractivity contribution in [3.05, 3.63) is 12.1 Å². The molecule has 23 heavy (non-hydrogen) atoms. The summed E-state index contributed by atoms with van der Waals surface area (Å²) < 4.78 is 15.8. The summed E-state index contributed by atoms with van der Waals surface area (Å²) in [6, 6.07) is 3.35. The number of carbonyl (C=O) groups excluding carboxylic acids is 1. The molecule has 0 aromatic heterocycles. The van der Waals surface area contributed by atoms with Gasteiger partial charge in [-0.25, -0.2) is 0 Å². The van der Waals surface area contributed by atoms with Crippen molar-refractivity contribution in [2.24, 2.45) is 0 Å². The predicted molar refractivity (Wildman–Crippen MR) is 92.6 cm³/mol. The van der Waals surface area contributed by atoms with Crippen molar-refractivity contribution in [3.63, 3.8) is 0 Å². The third-order valence-electron chi connectivity index (χ3n) is 3.12. The highest BCUT2D eigenvalue weighted by Gasteiger charge is 2.15. The third-order valence-corrected chi connectivity index (χ3v) is 3.46. The normalized spacial score (nSPS) is 10.5. The number of alkyl halides is 2. The van der Waals surface area contributed by atoms with Crippen molar-refractivity contribution < 1.29 is 19.0 Å². The van der Waals surface area contributed by atoms with Gasteiger partial charge in [0.1, 0.15) is 0 Å². The Balaban J connectivity index is 2.85. The molecule has 0 saturated carbocycles. The fourth-order valence-corrected chi connectivity index (χ4v) is 2.54. The first-order valence-electron chi connectivity index (χ1n) is 7.03. The molecule has 1 aromatic rings. The molecule has 0 aliphatic carbocycles. The van der Waals surface area contributed by atoms with E-state index in [9.17, 15) is 4.79 Å². The summed E-state index contributed by atoms with van der Waals surface area (Å²) >= 11 is 11.4. The lowest BCUT2D eigenvalue weighted by Crippen LogP contribution is -2.35. The van der Waals surface area contributed by atoms with Crippen LogP contribution >= 0.6 is 23.2 Å². The fraction of sp³-hybridized carbons (Fsp3) is 0.533. The number of methoxy groups -OCH3 is 3. The number of amides is 1. The van der Waals surface area contributed by atoms with Gasteiger partial charge in [0.05, 0.1) is 27.9 Å². The van der Waals surface area contributed by atoms with E-state index in [2.05, 4.69) is 5.32 Å². The molecule has 1 rings (SSSR count). The lowest BCUT2D eigenvalue weighted by atomic mass is 10.2. The SMILES string of the molecule is COc1cc(NC(=O)CN(CCCl)CCCl)cc(OC)c1OC. The molecule has 1 N–H and O–H groups in total. The maximum Gasteiger partial charge on any atom is 0.238 e. The molecule has 0 saturated heterocycles. The van der Waals surface area contributed by atoms with Gasteiger partial charge in [0.25, 0.3) is 0 Å². The van der Waals surface area contributed by atoms with Crippen LogP contribution in [0.15, 0.2) is 12.1 Å². The van der Waals surface area contributed by atoms with E-state index in [4.69, 9.17) is 37.4 Å². The van der Waals surface area contributed by atoms with Crippen LogP contribution in [0, 0.1) is 0 Å². The second kappa shape index (κ2) is 10.4. The van der Waals surface area contributed by atoms with Crippen LogP contribution in [0.5, 0.6) is 17.2 Å². The number of carbonyl (C=O) groups is 1. The number of benzene rings is 1. The average molecular weight is 365 g/mol. The number of nitrogens with zero attached hydrogens (tertiary/aromatic N) is 1. The molecule has 6 nitrogen and oxygen atoms in total. The number of ether oxygens (including phenoxy) is 3. The highest BCUT2D eigenvalue weighted by molar-refractivity contribution is 6.18. The van der Waals surface area contributed by atoms with Crippen LogP contribution < -0.4 is 19.5 Å². The molecule has 0 aliphatic heterocycles. The van der Waals surface area contributed by atoms with Crippen molar-refractivity contribution in [2.45, 2.75) is 0 Å². The van der Waals surface area contributed by atoms with Gasteiger partial charge in [-0.15, -0.1) is 23.2 Å². The van der Waals surface area contributed by atoms with E-state index in [0.717, 1.165) is 0 Å². The maximum absolute atomic E-state index is 12.2. The lowest BCUT2D eigenvalue weighted by molar-refractivity contribution is -0.117. The molecule has 1 aromatic carbocycles. The molecule has 0 aliphatic rings. The summed E-state index contributed by atoms with van der Waals surface area (Å²) in [6.07, 6.45) is 0. The minimum Gasteiger partial charge on any atom is -0.493 e. The van der Waals surface area contributed by atoms with Crippen molar-refractivity contribution >= 4 is 34.8 Å². The summed E-state index contributed by atoms with van der Waals surface area (Å²) in [5, 5.41) is 2.81. The molecule has 0 radical (unpaired) electrons.